The number of carbonyl (C=O) groups is 1. The zero-order chi connectivity index (χ0) is 16.4. The Morgan fingerprint density at radius 3 is 2.18 bits per heavy atom. The Morgan fingerprint density at radius 2 is 1.55 bits per heavy atom. The molecule has 0 unspecified atom stereocenters. The SMILES string of the molecule is CC.Cc1cccc(C)c1/C=C/c1cccc(CCC=O)c1. The van der Waals surface area contributed by atoms with Gasteiger partial charge in [0.1, 0.15) is 6.29 Å². The van der Waals surface area contributed by atoms with Crippen molar-refractivity contribution in [3.8, 4) is 0 Å². The first-order valence-electron chi connectivity index (χ1n) is 7.97. The first kappa shape index (κ1) is 17.9. The Hall–Kier alpha value is -2.15. The number of benzene rings is 2. The lowest BCUT2D eigenvalue weighted by atomic mass is 10.0. The minimum atomic E-state index is 0.587. The van der Waals surface area contributed by atoms with E-state index in [1.807, 2.05) is 19.9 Å². The van der Waals surface area contributed by atoms with E-state index in [1.165, 1.54) is 27.8 Å². The number of aldehydes is 1. The molecule has 0 aromatic heterocycles. The van der Waals surface area contributed by atoms with Crippen LogP contribution in [0.4, 0.5) is 0 Å². The molecule has 0 N–H and O–H groups in total. The molecule has 2 aromatic rings. The Kier molecular flexibility index (Phi) is 7.91. The van der Waals surface area contributed by atoms with Gasteiger partial charge in [0.25, 0.3) is 0 Å². The second-order valence-electron chi connectivity index (χ2n) is 5.09. The van der Waals surface area contributed by atoms with Crippen molar-refractivity contribution in [3.63, 3.8) is 0 Å². The van der Waals surface area contributed by atoms with E-state index in [2.05, 4.69) is 62.4 Å². The Morgan fingerprint density at radius 1 is 0.909 bits per heavy atom. The van der Waals surface area contributed by atoms with Crippen LogP contribution in [-0.2, 0) is 11.2 Å². The molecule has 22 heavy (non-hydrogen) atoms. The van der Waals surface area contributed by atoms with Crippen LogP contribution in [0.5, 0.6) is 0 Å². The average Bonchev–Trinajstić information content (AvgIpc) is 2.55. The monoisotopic (exact) mass is 294 g/mol. The second-order valence-corrected chi connectivity index (χ2v) is 5.09. The summed E-state index contributed by atoms with van der Waals surface area (Å²) in [6, 6.07) is 14.7. The molecular formula is C21H26O. The van der Waals surface area contributed by atoms with Gasteiger partial charge in [0.15, 0.2) is 0 Å². The van der Waals surface area contributed by atoms with Gasteiger partial charge in [-0.05, 0) is 48.1 Å². The zero-order valence-electron chi connectivity index (χ0n) is 14.1. The van der Waals surface area contributed by atoms with Gasteiger partial charge in [-0.3, -0.25) is 0 Å². The number of hydrogen-bond acceptors (Lipinski definition) is 1. The molecule has 0 saturated carbocycles. The normalized spacial score (nSPS) is 10.2. The lowest BCUT2D eigenvalue weighted by Gasteiger charge is -2.05. The summed E-state index contributed by atoms with van der Waals surface area (Å²) in [4.78, 5) is 10.4. The van der Waals surface area contributed by atoms with Crippen molar-refractivity contribution in [2.24, 2.45) is 0 Å². The summed E-state index contributed by atoms with van der Waals surface area (Å²) in [5.74, 6) is 0. The lowest BCUT2D eigenvalue weighted by molar-refractivity contribution is -0.107. The highest BCUT2D eigenvalue weighted by Crippen LogP contribution is 2.17. The van der Waals surface area contributed by atoms with Gasteiger partial charge in [-0.1, -0.05) is 68.5 Å². The molecule has 1 heteroatoms. The van der Waals surface area contributed by atoms with Crippen LogP contribution in [0.3, 0.4) is 0 Å². The molecule has 0 bridgehead atoms. The predicted molar refractivity (Wildman–Crippen MR) is 97.0 cm³/mol. The van der Waals surface area contributed by atoms with Crippen molar-refractivity contribution < 1.29 is 4.79 Å². The Balaban J connectivity index is 0.00000116. The largest absolute Gasteiger partial charge is 0.303 e. The Labute approximate surface area is 134 Å². The summed E-state index contributed by atoms with van der Waals surface area (Å²) in [5, 5.41) is 0. The van der Waals surface area contributed by atoms with Crippen LogP contribution >= 0.6 is 0 Å². The fourth-order valence-electron chi connectivity index (χ4n) is 2.35. The van der Waals surface area contributed by atoms with Crippen molar-refractivity contribution in [2.75, 3.05) is 0 Å². The third kappa shape index (κ3) is 5.33. The van der Waals surface area contributed by atoms with E-state index in [9.17, 15) is 4.79 Å². The van der Waals surface area contributed by atoms with Gasteiger partial charge in [-0.25, -0.2) is 0 Å². The first-order valence-corrected chi connectivity index (χ1v) is 7.97. The van der Waals surface area contributed by atoms with Gasteiger partial charge in [0.2, 0.25) is 0 Å². The standard InChI is InChI=1S/C19H20O.C2H6/c1-15-6-3-7-16(2)19(15)12-11-18-9-4-8-17(14-18)10-5-13-20;1-2/h3-4,6-9,11-14H,5,10H2,1-2H3;1-2H3/b12-11+;. The molecule has 1 nitrogen and oxygen atoms in total. The van der Waals surface area contributed by atoms with Crippen LogP contribution in [0.15, 0.2) is 42.5 Å². The maximum Gasteiger partial charge on any atom is 0.120 e. The maximum atomic E-state index is 10.4. The Bertz CT molecular complexity index is 603. The third-order valence-electron chi connectivity index (χ3n) is 3.49. The highest BCUT2D eigenvalue weighted by molar-refractivity contribution is 5.72. The van der Waals surface area contributed by atoms with E-state index in [4.69, 9.17) is 0 Å². The number of hydrogen-bond donors (Lipinski definition) is 0. The van der Waals surface area contributed by atoms with Crippen LogP contribution in [0.1, 0.15) is 48.1 Å². The van der Waals surface area contributed by atoms with Crippen LogP contribution in [0.2, 0.25) is 0 Å². The van der Waals surface area contributed by atoms with Gasteiger partial charge >= 0.3 is 0 Å². The number of aryl methyl sites for hydroxylation is 3. The molecular weight excluding hydrogens is 268 g/mol. The van der Waals surface area contributed by atoms with Crippen molar-refractivity contribution in [1.82, 2.24) is 0 Å². The third-order valence-corrected chi connectivity index (χ3v) is 3.49. The number of carbonyl (C=O) groups excluding carboxylic acids is 1. The van der Waals surface area contributed by atoms with Crippen LogP contribution < -0.4 is 0 Å². The van der Waals surface area contributed by atoms with E-state index in [0.717, 1.165) is 12.7 Å². The topological polar surface area (TPSA) is 17.1 Å². The molecule has 0 aliphatic carbocycles. The highest BCUT2D eigenvalue weighted by atomic mass is 16.1. The molecule has 0 atom stereocenters. The van der Waals surface area contributed by atoms with Gasteiger partial charge in [0, 0.05) is 6.42 Å². The summed E-state index contributed by atoms with van der Waals surface area (Å²) >= 11 is 0. The second kappa shape index (κ2) is 9.73. The molecule has 0 fully saturated rings. The fourth-order valence-corrected chi connectivity index (χ4v) is 2.35. The van der Waals surface area contributed by atoms with E-state index in [0.29, 0.717) is 6.42 Å². The number of rotatable bonds is 5. The summed E-state index contributed by atoms with van der Waals surface area (Å²) < 4.78 is 0. The van der Waals surface area contributed by atoms with Gasteiger partial charge in [-0.15, -0.1) is 0 Å². The molecule has 0 heterocycles. The maximum absolute atomic E-state index is 10.4. The minimum absolute atomic E-state index is 0.587. The molecule has 116 valence electrons. The van der Waals surface area contributed by atoms with Crippen molar-refractivity contribution >= 4 is 18.4 Å². The predicted octanol–water partition coefficient (Wildman–Crippen LogP) is 5.63. The van der Waals surface area contributed by atoms with E-state index >= 15 is 0 Å². The summed E-state index contributed by atoms with van der Waals surface area (Å²) in [6.07, 6.45) is 6.68. The molecule has 2 rings (SSSR count). The molecule has 0 saturated heterocycles. The van der Waals surface area contributed by atoms with Crippen molar-refractivity contribution in [1.29, 1.82) is 0 Å². The molecule has 0 spiro atoms. The van der Waals surface area contributed by atoms with Gasteiger partial charge < -0.3 is 4.79 Å². The summed E-state index contributed by atoms with van der Waals surface area (Å²) in [6.45, 7) is 8.26. The molecule has 0 radical (unpaired) electrons. The minimum Gasteiger partial charge on any atom is -0.303 e. The van der Waals surface area contributed by atoms with Crippen LogP contribution in [0, 0.1) is 13.8 Å². The summed E-state index contributed by atoms with van der Waals surface area (Å²) in [5.41, 5.74) is 6.25. The van der Waals surface area contributed by atoms with Crippen LogP contribution in [0.25, 0.3) is 12.2 Å². The van der Waals surface area contributed by atoms with E-state index < -0.39 is 0 Å². The molecule has 2 aromatic carbocycles. The van der Waals surface area contributed by atoms with Gasteiger partial charge in [-0.2, -0.15) is 0 Å². The highest BCUT2D eigenvalue weighted by Gasteiger charge is 1.98. The van der Waals surface area contributed by atoms with Crippen molar-refractivity contribution in [3.05, 3.63) is 70.3 Å². The molecule has 0 aliphatic heterocycles. The van der Waals surface area contributed by atoms with Gasteiger partial charge in [0.05, 0.1) is 0 Å². The average molecular weight is 294 g/mol. The van der Waals surface area contributed by atoms with Crippen molar-refractivity contribution in [2.45, 2.75) is 40.5 Å². The molecule has 0 amide bonds. The van der Waals surface area contributed by atoms with E-state index in [-0.39, 0.29) is 0 Å². The first-order chi connectivity index (χ1) is 10.7. The fraction of sp³-hybridized carbons (Fsp3) is 0.286. The molecule has 0 aliphatic rings. The summed E-state index contributed by atoms with van der Waals surface area (Å²) in [7, 11) is 0. The smallest absolute Gasteiger partial charge is 0.120 e. The quantitative estimate of drug-likeness (QED) is 0.516. The van der Waals surface area contributed by atoms with Crippen LogP contribution in [-0.4, -0.2) is 6.29 Å². The van der Waals surface area contributed by atoms with E-state index in [1.54, 1.807) is 0 Å². The lowest BCUT2D eigenvalue weighted by Crippen LogP contribution is -1.87. The zero-order valence-corrected chi connectivity index (χ0v) is 14.1.